The number of nitrogens with two attached hydrogens (primary N) is 1. The first-order valence-electron chi connectivity index (χ1n) is 4.22. The third-order valence-corrected chi connectivity index (χ3v) is 1.54. The van der Waals surface area contributed by atoms with E-state index in [2.05, 4.69) is 10.3 Å². The van der Waals surface area contributed by atoms with Crippen LogP contribution in [0, 0.1) is 5.82 Å². The van der Waals surface area contributed by atoms with Gasteiger partial charge in [0.1, 0.15) is 5.69 Å². The second-order valence-electron chi connectivity index (χ2n) is 3.22. The Kier molecular flexibility index (Phi) is 3.01. The van der Waals surface area contributed by atoms with Gasteiger partial charge in [0.25, 0.3) is 5.91 Å². The van der Waals surface area contributed by atoms with Gasteiger partial charge in [0.15, 0.2) is 5.82 Å². The van der Waals surface area contributed by atoms with Crippen molar-refractivity contribution in [3.63, 3.8) is 0 Å². The highest BCUT2D eigenvalue weighted by atomic mass is 19.1. The fourth-order valence-corrected chi connectivity index (χ4v) is 0.915. The van der Waals surface area contributed by atoms with Gasteiger partial charge in [0, 0.05) is 6.04 Å². The lowest BCUT2D eigenvalue weighted by molar-refractivity contribution is 0.0938. The van der Waals surface area contributed by atoms with Crippen molar-refractivity contribution in [1.29, 1.82) is 0 Å². The number of anilines is 1. The van der Waals surface area contributed by atoms with Gasteiger partial charge in [-0.15, -0.1) is 0 Å². The van der Waals surface area contributed by atoms with Crippen LogP contribution in [0.15, 0.2) is 12.3 Å². The maximum absolute atomic E-state index is 12.7. The lowest BCUT2D eigenvalue weighted by atomic mass is 10.3. The fourth-order valence-electron chi connectivity index (χ4n) is 0.915. The van der Waals surface area contributed by atoms with Gasteiger partial charge in [-0.05, 0) is 19.9 Å². The molecule has 0 unspecified atom stereocenters. The zero-order valence-corrected chi connectivity index (χ0v) is 8.04. The van der Waals surface area contributed by atoms with Gasteiger partial charge in [-0.2, -0.15) is 0 Å². The molecule has 0 aliphatic rings. The maximum atomic E-state index is 12.7. The van der Waals surface area contributed by atoms with Crippen molar-refractivity contribution in [1.82, 2.24) is 10.3 Å². The van der Waals surface area contributed by atoms with Crippen molar-refractivity contribution in [3.05, 3.63) is 23.8 Å². The molecular formula is C9H12FN3O. The van der Waals surface area contributed by atoms with Crippen molar-refractivity contribution < 1.29 is 9.18 Å². The van der Waals surface area contributed by atoms with Crippen molar-refractivity contribution in [2.24, 2.45) is 0 Å². The Morgan fingerprint density at radius 2 is 2.29 bits per heavy atom. The number of nitrogens with zero attached hydrogens (tertiary/aromatic N) is 1. The number of aromatic nitrogens is 1. The van der Waals surface area contributed by atoms with Crippen molar-refractivity contribution in [2.75, 3.05) is 5.73 Å². The third kappa shape index (κ3) is 2.42. The molecule has 76 valence electrons. The number of carbonyl (C=O) groups is 1. The highest BCUT2D eigenvalue weighted by Gasteiger charge is 2.10. The van der Waals surface area contributed by atoms with E-state index in [1.807, 2.05) is 13.8 Å². The maximum Gasteiger partial charge on any atom is 0.270 e. The summed E-state index contributed by atoms with van der Waals surface area (Å²) in [5.41, 5.74) is 5.34. The van der Waals surface area contributed by atoms with E-state index in [9.17, 15) is 9.18 Å². The molecular weight excluding hydrogens is 185 g/mol. The first-order valence-corrected chi connectivity index (χ1v) is 4.22. The molecule has 0 atom stereocenters. The van der Waals surface area contributed by atoms with E-state index in [4.69, 9.17) is 5.73 Å². The van der Waals surface area contributed by atoms with Gasteiger partial charge in [-0.25, -0.2) is 9.37 Å². The van der Waals surface area contributed by atoms with E-state index in [0.717, 1.165) is 6.20 Å². The summed E-state index contributed by atoms with van der Waals surface area (Å²) in [6, 6.07) is 1.23. The Hall–Kier alpha value is -1.65. The quantitative estimate of drug-likeness (QED) is 0.741. The minimum atomic E-state index is -0.619. The molecule has 5 heteroatoms. The van der Waals surface area contributed by atoms with Crippen LogP contribution in [-0.2, 0) is 0 Å². The zero-order chi connectivity index (χ0) is 10.7. The van der Waals surface area contributed by atoms with Gasteiger partial charge in [0.05, 0.1) is 11.9 Å². The summed E-state index contributed by atoms with van der Waals surface area (Å²) < 4.78 is 12.7. The zero-order valence-electron chi connectivity index (χ0n) is 8.04. The van der Waals surface area contributed by atoms with E-state index in [1.165, 1.54) is 6.07 Å². The summed E-state index contributed by atoms with van der Waals surface area (Å²) in [6.45, 7) is 3.65. The summed E-state index contributed by atoms with van der Waals surface area (Å²) in [5.74, 6) is -0.974. The normalized spacial score (nSPS) is 10.3. The topological polar surface area (TPSA) is 68.0 Å². The number of hydrogen-bond donors (Lipinski definition) is 2. The highest BCUT2D eigenvalue weighted by Crippen LogP contribution is 2.09. The first kappa shape index (κ1) is 10.4. The average Bonchev–Trinajstić information content (AvgIpc) is 2.08. The molecule has 0 radical (unpaired) electrons. The predicted octanol–water partition coefficient (Wildman–Crippen LogP) is 0.941. The van der Waals surface area contributed by atoms with Gasteiger partial charge in [-0.1, -0.05) is 0 Å². The predicted molar refractivity (Wildman–Crippen MR) is 51.2 cm³/mol. The number of halogens is 1. The second kappa shape index (κ2) is 4.04. The van der Waals surface area contributed by atoms with Crippen LogP contribution in [0.4, 0.5) is 10.1 Å². The molecule has 0 saturated carbocycles. The molecule has 0 aliphatic heterocycles. The van der Waals surface area contributed by atoms with E-state index < -0.39 is 5.82 Å². The second-order valence-corrected chi connectivity index (χ2v) is 3.22. The summed E-state index contributed by atoms with van der Waals surface area (Å²) in [6.07, 6.45) is 0.935. The van der Waals surface area contributed by atoms with Crippen LogP contribution < -0.4 is 11.1 Å². The van der Waals surface area contributed by atoms with Crippen LogP contribution in [0.3, 0.4) is 0 Å². The molecule has 1 aromatic heterocycles. The Labute approximate surface area is 81.3 Å². The molecule has 1 rings (SSSR count). The van der Waals surface area contributed by atoms with Crippen LogP contribution in [0.2, 0.25) is 0 Å². The number of pyridine rings is 1. The molecule has 0 fully saturated rings. The molecule has 1 heterocycles. The largest absolute Gasteiger partial charge is 0.396 e. The number of amides is 1. The molecule has 0 aliphatic carbocycles. The van der Waals surface area contributed by atoms with Crippen LogP contribution in [0.5, 0.6) is 0 Å². The fraction of sp³-hybridized carbons (Fsp3) is 0.333. The van der Waals surface area contributed by atoms with Gasteiger partial charge in [-0.3, -0.25) is 4.79 Å². The molecule has 1 aromatic rings. The minimum absolute atomic E-state index is 0.00979. The average molecular weight is 197 g/mol. The number of hydrogen-bond acceptors (Lipinski definition) is 3. The molecule has 3 N–H and O–H groups in total. The standard InChI is InChI=1S/C9H12FN3O/c1-5(2)13-9(14)8-3-7(11)6(10)4-12-8/h3-5H,1-2H3,(H2,11,12)(H,13,14). The third-order valence-electron chi connectivity index (χ3n) is 1.54. The molecule has 0 saturated heterocycles. The molecule has 4 nitrogen and oxygen atoms in total. The van der Waals surface area contributed by atoms with E-state index in [-0.39, 0.29) is 23.3 Å². The minimum Gasteiger partial charge on any atom is -0.396 e. The first-order chi connectivity index (χ1) is 6.50. The number of rotatable bonds is 2. The van der Waals surface area contributed by atoms with E-state index in [0.29, 0.717) is 0 Å². The number of carbonyl (C=O) groups excluding carboxylic acids is 1. The molecule has 0 bridgehead atoms. The summed E-state index contributed by atoms with van der Waals surface area (Å²) in [7, 11) is 0. The Balaban J connectivity index is 2.86. The SMILES string of the molecule is CC(C)NC(=O)c1cc(N)c(F)cn1. The smallest absolute Gasteiger partial charge is 0.270 e. The number of nitrogens with one attached hydrogen (secondary N) is 1. The molecule has 1 amide bonds. The lowest BCUT2D eigenvalue weighted by Gasteiger charge is -2.07. The summed E-state index contributed by atoms with van der Waals surface area (Å²) in [5, 5.41) is 2.63. The molecule has 14 heavy (non-hydrogen) atoms. The molecule has 0 aromatic carbocycles. The number of nitrogen functional groups attached to an aromatic ring is 1. The van der Waals surface area contributed by atoms with Crippen LogP contribution in [0.1, 0.15) is 24.3 Å². The van der Waals surface area contributed by atoms with Gasteiger partial charge in [0.2, 0.25) is 0 Å². The van der Waals surface area contributed by atoms with Crippen LogP contribution in [-0.4, -0.2) is 16.9 Å². The monoisotopic (exact) mass is 197 g/mol. The Bertz CT molecular complexity index is 352. The lowest BCUT2D eigenvalue weighted by Crippen LogP contribution is -2.30. The van der Waals surface area contributed by atoms with Crippen molar-refractivity contribution in [3.8, 4) is 0 Å². The molecule has 0 spiro atoms. The van der Waals surface area contributed by atoms with E-state index >= 15 is 0 Å². The van der Waals surface area contributed by atoms with Gasteiger partial charge < -0.3 is 11.1 Å². The van der Waals surface area contributed by atoms with E-state index in [1.54, 1.807) is 0 Å². The Morgan fingerprint density at radius 3 is 2.79 bits per heavy atom. The Morgan fingerprint density at radius 1 is 1.64 bits per heavy atom. The van der Waals surface area contributed by atoms with Crippen LogP contribution in [0.25, 0.3) is 0 Å². The van der Waals surface area contributed by atoms with Gasteiger partial charge >= 0.3 is 0 Å². The van der Waals surface area contributed by atoms with Crippen LogP contribution >= 0.6 is 0 Å². The summed E-state index contributed by atoms with van der Waals surface area (Å²) >= 11 is 0. The van der Waals surface area contributed by atoms with Crippen molar-refractivity contribution >= 4 is 11.6 Å². The summed E-state index contributed by atoms with van der Waals surface area (Å²) in [4.78, 5) is 15.0. The van der Waals surface area contributed by atoms with Crippen molar-refractivity contribution in [2.45, 2.75) is 19.9 Å². The highest BCUT2D eigenvalue weighted by molar-refractivity contribution is 5.93.